The van der Waals surface area contributed by atoms with Gasteiger partial charge in [-0.2, -0.15) is 0 Å². The number of benzene rings is 4. The highest BCUT2D eigenvalue weighted by atomic mass is 19.1. The number of nitrogens with zero attached hydrogens (tertiary/aromatic N) is 1. The Hall–Kier alpha value is -4.78. The molecule has 0 aliphatic rings. The number of fused-ring (bicyclic) bond motifs is 1. The van der Waals surface area contributed by atoms with Crippen molar-refractivity contribution in [2.45, 2.75) is 26.9 Å². The van der Waals surface area contributed by atoms with Crippen LogP contribution >= 0.6 is 0 Å². The molecule has 0 fully saturated rings. The molecule has 0 atom stereocenters. The summed E-state index contributed by atoms with van der Waals surface area (Å²) < 4.78 is 29.3. The number of nitrogens with one attached hydrogen (secondary N) is 1. The van der Waals surface area contributed by atoms with Crippen molar-refractivity contribution in [1.82, 2.24) is 9.88 Å². The monoisotopic (exact) mass is 524 g/mol. The van der Waals surface area contributed by atoms with Gasteiger partial charge in [-0.05, 0) is 66.4 Å². The molecule has 5 aromatic rings. The second kappa shape index (κ2) is 10.5. The van der Waals surface area contributed by atoms with Crippen molar-refractivity contribution in [1.29, 1.82) is 0 Å². The smallest absolute Gasteiger partial charge is 0.336 e. The summed E-state index contributed by atoms with van der Waals surface area (Å²) in [4.78, 5) is 24.4. The van der Waals surface area contributed by atoms with E-state index in [1.54, 1.807) is 24.3 Å². The molecule has 5 rings (SSSR count). The van der Waals surface area contributed by atoms with Crippen LogP contribution in [0.4, 0.5) is 8.78 Å². The minimum Gasteiger partial charge on any atom is -0.478 e. The van der Waals surface area contributed by atoms with Gasteiger partial charge in [0.25, 0.3) is 5.91 Å². The average molecular weight is 525 g/mol. The molecule has 0 spiro atoms. The lowest BCUT2D eigenvalue weighted by Crippen LogP contribution is -2.23. The van der Waals surface area contributed by atoms with E-state index >= 15 is 0 Å². The number of halogens is 2. The maximum absolute atomic E-state index is 13.9. The summed E-state index contributed by atoms with van der Waals surface area (Å²) >= 11 is 0. The predicted molar refractivity (Wildman–Crippen MR) is 147 cm³/mol. The molecule has 5 nitrogen and oxygen atoms in total. The van der Waals surface area contributed by atoms with Crippen LogP contribution in [0.1, 0.15) is 43.1 Å². The van der Waals surface area contributed by atoms with E-state index in [4.69, 9.17) is 0 Å². The highest BCUT2D eigenvalue weighted by Crippen LogP contribution is 2.29. The number of rotatable bonds is 7. The van der Waals surface area contributed by atoms with Crippen molar-refractivity contribution in [3.05, 3.63) is 130 Å². The number of carbonyl (C=O) groups is 2. The first-order valence-electron chi connectivity index (χ1n) is 12.5. The minimum absolute atomic E-state index is 0.0467. The standard InChI is InChI=1S/C32H26F2N2O3/c1-19-20(2)36(18-21-7-9-22(10-8-21)26-5-3-4-6-27(26)32(38)39)30-14-12-23(15-28(19)30)31(37)35-17-24-11-13-25(33)16-29(24)34/h3-16H,17-18H2,1-2H3,(H,35,37)(H,38,39). The van der Waals surface area contributed by atoms with Gasteiger partial charge in [0.15, 0.2) is 0 Å². The molecule has 0 aliphatic heterocycles. The molecule has 1 heterocycles. The first kappa shape index (κ1) is 25.9. The number of hydrogen-bond acceptors (Lipinski definition) is 2. The van der Waals surface area contributed by atoms with Gasteiger partial charge in [0, 0.05) is 46.9 Å². The van der Waals surface area contributed by atoms with Crippen LogP contribution in [0.3, 0.4) is 0 Å². The quantitative estimate of drug-likeness (QED) is 0.244. The Morgan fingerprint density at radius 1 is 0.897 bits per heavy atom. The number of carboxylic acid groups (broad SMARTS) is 1. The Morgan fingerprint density at radius 3 is 2.36 bits per heavy atom. The van der Waals surface area contributed by atoms with Crippen molar-refractivity contribution in [3.8, 4) is 11.1 Å². The second-order valence-corrected chi connectivity index (χ2v) is 9.49. The van der Waals surface area contributed by atoms with Gasteiger partial charge in [0.05, 0.1) is 5.56 Å². The topological polar surface area (TPSA) is 71.3 Å². The van der Waals surface area contributed by atoms with Gasteiger partial charge in [-0.3, -0.25) is 4.79 Å². The number of aromatic carboxylic acids is 1. The van der Waals surface area contributed by atoms with Gasteiger partial charge in [0.1, 0.15) is 11.6 Å². The first-order valence-corrected chi connectivity index (χ1v) is 12.5. The van der Waals surface area contributed by atoms with Crippen LogP contribution in [0, 0.1) is 25.5 Å². The zero-order chi connectivity index (χ0) is 27.7. The number of carboxylic acids is 1. The van der Waals surface area contributed by atoms with E-state index in [1.165, 1.54) is 6.07 Å². The van der Waals surface area contributed by atoms with Crippen molar-refractivity contribution >= 4 is 22.8 Å². The summed E-state index contributed by atoms with van der Waals surface area (Å²) in [7, 11) is 0. The second-order valence-electron chi connectivity index (χ2n) is 9.49. The number of amides is 1. The molecule has 0 bridgehead atoms. The number of hydrogen-bond donors (Lipinski definition) is 2. The van der Waals surface area contributed by atoms with Crippen molar-refractivity contribution in [2.75, 3.05) is 0 Å². The summed E-state index contributed by atoms with van der Waals surface area (Å²) in [5.41, 5.74) is 6.57. The molecule has 0 aliphatic carbocycles. The van der Waals surface area contributed by atoms with Crippen LogP contribution in [-0.4, -0.2) is 21.6 Å². The Morgan fingerprint density at radius 2 is 1.64 bits per heavy atom. The fraction of sp³-hybridized carbons (Fsp3) is 0.125. The normalized spacial score (nSPS) is 11.1. The molecular weight excluding hydrogens is 498 g/mol. The summed E-state index contributed by atoms with van der Waals surface area (Å²) in [5.74, 6) is -2.67. The van der Waals surface area contributed by atoms with Crippen LogP contribution in [-0.2, 0) is 13.1 Å². The summed E-state index contributed by atoms with van der Waals surface area (Å²) in [6.45, 7) is 4.60. The van der Waals surface area contributed by atoms with Gasteiger partial charge >= 0.3 is 5.97 Å². The molecule has 0 radical (unpaired) electrons. The zero-order valence-corrected chi connectivity index (χ0v) is 21.5. The predicted octanol–water partition coefficient (Wildman–Crippen LogP) is 6.88. The van der Waals surface area contributed by atoms with Gasteiger partial charge in [0.2, 0.25) is 0 Å². The number of carbonyl (C=O) groups excluding carboxylic acids is 1. The van der Waals surface area contributed by atoms with E-state index in [0.29, 0.717) is 17.7 Å². The highest BCUT2D eigenvalue weighted by molar-refractivity contribution is 5.99. The average Bonchev–Trinajstić information content (AvgIpc) is 3.17. The molecule has 0 unspecified atom stereocenters. The van der Waals surface area contributed by atoms with E-state index in [-0.39, 0.29) is 23.6 Å². The number of aromatic nitrogens is 1. The number of aryl methyl sites for hydroxylation is 1. The van der Waals surface area contributed by atoms with Crippen LogP contribution in [0.2, 0.25) is 0 Å². The molecule has 39 heavy (non-hydrogen) atoms. The van der Waals surface area contributed by atoms with Crippen molar-refractivity contribution in [3.63, 3.8) is 0 Å². The lowest BCUT2D eigenvalue weighted by Gasteiger charge is -2.11. The Balaban J connectivity index is 1.37. The Labute approximate surface area is 224 Å². The van der Waals surface area contributed by atoms with E-state index in [0.717, 1.165) is 45.4 Å². The third kappa shape index (κ3) is 5.16. The fourth-order valence-electron chi connectivity index (χ4n) is 4.83. The van der Waals surface area contributed by atoms with E-state index in [2.05, 4.69) is 9.88 Å². The third-order valence-corrected chi connectivity index (χ3v) is 7.12. The van der Waals surface area contributed by atoms with Gasteiger partial charge < -0.3 is 15.0 Å². The molecule has 0 saturated heterocycles. The molecular formula is C32H26F2N2O3. The van der Waals surface area contributed by atoms with Gasteiger partial charge in [-0.15, -0.1) is 0 Å². The van der Waals surface area contributed by atoms with Gasteiger partial charge in [-0.25, -0.2) is 13.6 Å². The highest BCUT2D eigenvalue weighted by Gasteiger charge is 2.16. The third-order valence-electron chi connectivity index (χ3n) is 7.12. The van der Waals surface area contributed by atoms with E-state index in [9.17, 15) is 23.5 Å². The van der Waals surface area contributed by atoms with Crippen molar-refractivity contribution < 1.29 is 23.5 Å². The SMILES string of the molecule is Cc1c(C)n(Cc2ccc(-c3ccccc3C(=O)O)cc2)c2ccc(C(=O)NCc3ccc(F)cc3F)cc12. The van der Waals surface area contributed by atoms with Crippen LogP contribution < -0.4 is 5.32 Å². The molecule has 1 aromatic heterocycles. The summed E-state index contributed by atoms with van der Waals surface area (Å²) in [5, 5.41) is 13.2. The molecule has 4 aromatic carbocycles. The first-order chi connectivity index (χ1) is 18.7. The molecule has 2 N–H and O–H groups in total. The molecule has 196 valence electrons. The molecule has 0 saturated carbocycles. The maximum Gasteiger partial charge on any atom is 0.336 e. The molecule has 7 heteroatoms. The minimum atomic E-state index is -0.963. The largest absolute Gasteiger partial charge is 0.478 e. The summed E-state index contributed by atoms with van der Waals surface area (Å²) in [6.07, 6.45) is 0. The Kier molecular flexibility index (Phi) is 6.98. The lowest BCUT2D eigenvalue weighted by molar-refractivity contribution is 0.0697. The fourth-order valence-corrected chi connectivity index (χ4v) is 4.83. The summed E-state index contributed by atoms with van der Waals surface area (Å²) in [6, 6.07) is 23.5. The van der Waals surface area contributed by atoms with E-state index in [1.807, 2.05) is 56.3 Å². The van der Waals surface area contributed by atoms with Crippen molar-refractivity contribution in [2.24, 2.45) is 0 Å². The molecule has 1 amide bonds. The van der Waals surface area contributed by atoms with Crippen LogP contribution in [0.15, 0.2) is 84.9 Å². The van der Waals surface area contributed by atoms with E-state index < -0.39 is 17.6 Å². The Bertz CT molecular complexity index is 1720. The lowest BCUT2D eigenvalue weighted by atomic mass is 9.99. The maximum atomic E-state index is 13.9. The van der Waals surface area contributed by atoms with Gasteiger partial charge in [-0.1, -0.05) is 48.5 Å². The van der Waals surface area contributed by atoms with Crippen LogP contribution in [0.5, 0.6) is 0 Å². The zero-order valence-electron chi connectivity index (χ0n) is 21.5. The van der Waals surface area contributed by atoms with Crippen LogP contribution in [0.25, 0.3) is 22.0 Å².